The second-order valence-corrected chi connectivity index (χ2v) is 10.6. The number of carbonyl (C=O) groups excluding carboxylic acids is 3. The van der Waals surface area contributed by atoms with Crippen LogP contribution >= 0.6 is 21.6 Å². The summed E-state index contributed by atoms with van der Waals surface area (Å²) in [4.78, 5) is 37.3. The van der Waals surface area contributed by atoms with E-state index < -0.39 is 17.4 Å². The molecule has 0 aliphatic rings. The quantitative estimate of drug-likeness (QED) is 0.209. The third-order valence-corrected chi connectivity index (χ3v) is 7.28. The van der Waals surface area contributed by atoms with Gasteiger partial charge in [-0.05, 0) is 24.3 Å². The number of carbonyl (C=O) groups is 3. The Morgan fingerprint density at radius 2 is 1.65 bits per heavy atom. The fourth-order valence-electron chi connectivity index (χ4n) is 2.71. The molecule has 0 spiro atoms. The lowest BCUT2D eigenvalue weighted by molar-refractivity contribution is -0.137. The van der Waals surface area contributed by atoms with Crippen molar-refractivity contribution >= 4 is 45.0 Å². The molecule has 0 heterocycles. The van der Waals surface area contributed by atoms with Crippen LogP contribution in [0.1, 0.15) is 30.6 Å². The molecule has 2 rings (SSSR count). The maximum Gasteiger partial charge on any atom is 0.256 e. The van der Waals surface area contributed by atoms with Crippen LogP contribution in [0.4, 0.5) is 5.69 Å². The molecule has 184 valence electrons. The maximum atomic E-state index is 12.6. The normalized spacial score (nSPS) is 12.0. The average Bonchev–Trinajstić information content (AvgIpc) is 2.84. The molecule has 1 unspecified atom stereocenters. The monoisotopic (exact) mass is 505 g/mol. The third kappa shape index (κ3) is 9.02. The molecule has 0 bridgehead atoms. The van der Waals surface area contributed by atoms with Gasteiger partial charge < -0.3 is 26.2 Å². The zero-order valence-electron chi connectivity index (χ0n) is 19.2. The second kappa shape index (κ2) is 14.0. The molecule has 1 atom stereocenters. The van der Waals surface area contributed by atoms with Gasteiger partial charge in [0.2, 0.25) is 11.8 Å². The number of para-hydroxylation sites is 1. The van der Waals surface area contributed by atoms with Gasteiger partial charge in [0.1, 0.15) is 6.10 Å². The Morgan fingerprint density at radius 1 is 0.971 bits per heavy atom. The predicted octanol–water partition coefficient (Wildman–Crippen LogP) is 2.68. The maximum absolute atomic E-state index is 12.6. The van der Waals surface area contributed by atoms with Crippen LogP contribution < -0.4 is 16.0 Å². The zero-order valence-corrected chi connectivity index (χ0v) is 20.9. The first kappa shape index (κ1) is 27.7. The van der Waals surface area contributed by atoms with Gasteiger partial charge in [-0.2, -0.15) is 0 Å². The lowest BCUT2D eigenvalue weighted by Gasteiger charge is -2.27. The minimum absolute atomic E-state index is 0.0817. The Kier molecular flexibility index (Phi) is 11.4. The number of hydrogen-bond acceptors (Lipinski definition) is 7. The molecule has 0 fully saturated rings. The van der Waals surface area contributed by atoms with Crippen molar-refractivity contribution in [2.75, 3.05) is 30.8 Å². The number of hydrogen-bond donors (Lipinski definition) is 5. The smallest absolute Gasteiger partial charge is 0.256 e. The highest BCUT2D eigenvalue weighted by molar-refractivity contribution is 8.76. The van der Waals surface area contributed by atoms with Crippen molar-refractivity contribution in [3.63, 3.8) is 0 Å². The first-order valence-electron chi connectivity index (χ1n) is 10.8. The lowest BCUT2D eigenvalue weighted by Crippen LogP contribution is -2.46. The van der Waals surface area contributed by atoms with Crippen molar-refractivity contribution < 1.29 is 24.6 Å². The van der Waals surface area contributed by atoms with Gasteiger partial charge in [0.25, 0.3) is 5.91 Å². The van der Waals surface area contributed by atoms with Gasteiger partial charge in [-0.3, -0.25) is 14.4 Å². The van der Waals surface area contributed by atoms with Crippen LogP contribution in [0.2, 0.25) is 0 Å². The van der Waals surface area contributed by atoms with Gasteiger partial charge in [0.05, 0.1) is 12.2 Å². The van der Waals surface area contributed by atoms with Crippen LogP contribution in [-0.4, -0.2) is 59.5 Å². The van der Waals surface area contributed by atoms with Crippen molar-refractivity contribution in [1.29, 1.82) is 0 Å². The lowest BCUT2D eigenvalue weighted by atomic mass is 9.87. The van der Waals surface area contributed by atoms with Crippen molar-refractivity contribution in [3.8, 4) is 0 Å². The van der Waals surface area contributed by atoms with E-state index in [1.54, 1.807) is 19.9 Å². The Hall–Kier alpha value is -2.53. The van der Waals surface area contributed by atoms with Gasteiger partial charge in [-0.25, -0.2) is 0 Å². The fraction of sp³-hybridized carbons (Fsp3) is 0.375. The molecule has 0 saturated carbocycles. The summed E-state index contributed by atoms with van der Waals surface area (Å²) in [5.41, 5.74) is 0.350. The van der Waals surface area contributed by atoms with Gasteiger partial charge in [0.15, 0.2) is 0 Å². The van der Waals surface area contributed by atoms with E-state index in [1.165, 1.54) is 21.6 Å². The molecule has 0 saturated heterocycles. The van der Waals surface area contributed by atoms with Gasteiger partial charge >= 0.3 is 0 Å². The first-order chi connectivity index (χ1) is 16.2. The largest absolute Gasteiger partial charge is 0.396 e. The fourth-order valence-corrected chi connectivity index (χ4v) is 4.81. The minimum atomic E-state index is -1.35. The number of amides is 3. The molecule has 8 nitrogen and oxygen atoms in total. The van der Waals surface area contributed by atoms with E-state index in [-0.39, 0.29) is 31.4 Å². The molecule has 0 aliphatic carbocycles. The summed E-state index contributed by atoms with van der Waals surface area (Å²) in [6.07, 6.45) is -1.27. The molecule has 0 radical (unpaired) electrons. The number of aliphatic hydroxyl groups is 2. The van der Waals surface area contributed by atoms with Crippen LogP contribution in [0, 0.1) is 5.41 Å². The van der Waals surface area contributed by atoms with Crippen LogP contribution in [0.3, 0.4) is 0 Å². The van der Waals surface area contributed by atoms with E-state index >= 15 is 0 Å². The molecule has 34 heavy (non-hydrogen) atoms. The number of anilines is 1. The zero-order chi connectivity index (χ0) is 25.0. The van der Waals surface area contributed by atoms with Crippen LogP contribution in [-0.2, 0) is 9.59 Å². The van der Waals surface area contributed by atoms with Crippen molar-refractivity contribution in [2.45, 2.75) is 31.3 Å². The molecule has 0 aliphatic heterocycles. The predicted molar refractivity (Wildman–Crippen MR) is 137 cm³/mol. The summed E-state index contributed by atoms with van der Waals surface area (Å²) in [6.45, 7) is 3.35. The van der Waals surface area contributed by atoms with Crippen molar-refractivity contribution in [1.82, 2.24) is 10.6 Å². The van der Waals surface area contributed by atoms with Gasteiger partial charge in [0, 0.05) is 41.3 Å². The molecule has 2 aromatic rings. The standard InChI is InChI=1S/C24H31N3O5S2/c1-24(2,16-28)21(30)23(32)26-13-12-20(29)25-14-15-33-34-19-11-7-6-10-18(19)22(31)27-17-8-4-3-5-9-17/h3-11,21,28,30H,12-16H2,1-2H3,(H,25,29)(H,26,32)(H,27,31). The summed E-state index contributed by atoms with van der Waals surface area (Å²) < 4.78 is 0. The van der Waals surface area contributed by atoms with Gasteiger partial charge in [-0.1, -0.05) is 65.8 Å². The highest BCUT2D eigenvalue weighted by Gasteiger charge is 2.32. The summed E-state index contributed by atoms with van der Waals surface area (Å²) >= 11 is 0. The topological polar surface area (TPSA) is 128 Å². The van der Waals surface area contributed by atoms with Gasteiger partial charge in [-0.15, -0.1) is 0 Å². The Labute approximate surface area is 207 Å². The summed E-state index contributed by atoms with van der Waals surface area (Å²) in [5.74, 6) is -0.392. The highest BCUT2D eigenvalue weighted by Crippen LogP contribution is 2.33. The van der Waals surface area contributed by atoms with Crippen LogP contribution in [0.25, 0.3) is 0 Å². The first-order valence-corrected chi connectivity index (χ1v) is 13.1. The number of aliphatic hydroxyl groups excluding tert-OH is 2. The third-order valence-electron chi connectivity index (χ3n) is 4.87. The number of benzene rings is 2. The van der Waals surface area contributed by atoms with E-state index in [4.69, 9.17) is 0 Å². The summed E-state index contributed by atoms with van der Waals surface area (Å²) in [7, 11) is 2.99. The molecule has 2 aromatic carbocycles. The minimum Gasteiger partial charge on any atom is -0.396 e. The Bertz CT molecular complexity index is 957. The van der Waals surface area contributed by atoms with Crippen molar-refractivity contribution in [3.05, 3.63) is 60.2 Å². The van der Waals surface area contributed by atoms with E-state index in [2.05, 4.69) is 16.0 Å². The van der Waals surface area contributed by atoms with E-state index in [0.29, 0.717) is 17.9 Å². The van der Waals surface area contributed by atoms with Crippen molar-refractivity contribution in [2.24, 2.45) is 5.41 Å². The Morgan fingerprint density at radius 3 is 2.35 bits per heavy atom. The molecule has 10 heteroatoms. The molecule has 0 aromatic heterocycles. The number of rotatable bonds is 13. The van der Waals surface area contributed by atoms with E-state index in [9.17, 15) is 24.6 Å². The molecule has 5 N–H and O–H groups in total. The summed E-state index contributed by atoms with van der Waals surface area (Å²) in [6, 6.07) is 16.6. The molecular weight excluding hydrogens is 474 g/mol. The molecular formula is C24H31N3O5S2. The average molecular weight is 506 g/mol. The number of nitrogens with one attached hydrogen (secondary N) is 3. The Balaban J connectivity index is 1.68. The second-order valence-electron chi connectivity index (χ2n) is 8.16. The van der Waals surface area contributed by atoms with E-state index in [0.717, 1.165) is 10.6 Å². The van der Waals surface area contributed by atoms with Crippen LogP contribution in [0.5, 0.6) is 0 Å². The SMILES string of the molecule is CC(C)(CO)C(O)C(=O)NCCC(=O)NCCSSc1ccccc1C(=O)Nc1ccccc1. The van der Waals surface area contributed by atoms with Crippen LogP contribution in [0.15, 0.2) is 59.5 Å². The molecule has 3 amide bonds. The highest BCUT2D eigenvalue weighted by atomic mass is 33.1. The summed E-state index contributed by atoms with van der Waals surface area (Å²) in [5, 5.41) is 27.3. The van der Waals surface area contributed by atoms with E-state index in [1.807, 2.05) is 48.5 Å².